The Morgan fingerprint density at radius 2 is 0.929 bits per heavy atom. The lowest BCUT2D eigenvalue weighted by atomic mass is 10.1. The number of aromatic carboxylic acids is 2. The molecule has 0 amide bonds. The molecule has 14 heteroatoms. The summed E-state index contributed by atoms with van der Waals surface area (Å²) in [6.45, 7) is 2.95. The van der Waals surface area contributed by atoms with Crippen molar-refractivity contribution in [2.75, 3.05) is 0 Å². The van der Waals surface area contributed by atoms with E-state index in [9.17, 15) is 19.2 Å². The van der Waals surface area contributed by atoms with Crippen molar-refractivity contribution in [3.8, 4) is 12.1 Å². The Labute approximate surface area is 256 Å². The predicted molar refractivity (Wildman–Crippen MR) is 156 cm³/mol. The van der Waals surface area contributed by atoms with Crippen LogP contribution in [0, 0.1) is 22.7 Å². The molecule has 0 saturated heterocycles. The van der Waals surface area contributed by atoms with Crippen molar-refractivity contribution in [1.82, 2.24) is 19.9 Å². The minimum absolute atomic E-state index is 0.0116. The van der Waals surface area contributed by atoms with Crippen molar-refractivity contribution >= 4 is 55.4 Å². The van der Waals surface area contributed by atoms with Crippen molar-refractivity contribution in [2.24, 2.45) is 0 Å². The lowest BCUT2D eigenvalue weighted by Gasteiger charge is -1.95. The van der Waals surface area contributed by atoms with E-state index in [1.165, 1.54) is 63.2 Å². The van der Waals surface area contributed by atoms with Crippen LogP contribution in [0.1, 0.15) is 66.4 Å². The molecule has 12 nitrogen and oxygen atoms in total. The molecule has 0 saturated carbocycles. The number of halogens is 2. The molecule has 0 radical (unpaired) electrons. The zero-order chi connectivity index (χ0) is 31.7. The Morgan fingerprint density at radius 1 is 0.595 bits per heavy atom. The fraction of sp³-hybridized carbons (Fsp3) is 0.0714. The van der Waals surface area contributed by atoms with Crippen LogP contribution in [0.5, 0.6) is 0 Å². The average Bonchev–Trinajstić information content (AvgIpc) is 2.98. The largest absolute Gasteiger partial charge is 0.478 e. The quantitative estimate of drug-likeness (QED) is 0.257. The molecule has 0 aliphatic rings. The van der Waals surface area contributed by atoms with E-state index < -0.39 is 11.9 Å². The number of carbonyl (C=O) groups is 4. The maximum Gasteiger partial charge on any atom is 0.337 e. The summed E-state index contributed by atoms with van der Waals surface area (Å²) in [7, 11) is 0. The zero-order valence-electron chi connectivity index (χ0n) is 21.9. The second-order valence-corrected chi connectivity index (χ2v) is 9.21. The van der Waals surface area contributed by atoms with Gasteiger partial charge in [0.1, 0.15) is 12.1 Å². The molecule has 42 heavy (non-hydrogen) atoms. The average molecular weight is 696 g/mol. The molecule has 0 aliphatic carbocycles. The van der Waals surface area contributed by atoms with E-state index in [0.29, 0.717) is 21.2 Å². The van der Waals surface area contributed by atoms with Gasteiger partial charge >= 0.3 is 11.9 Å². The summed E-state index contributed by atoms with van der Waals surface area (Å²) in [5.74, 6) is -2.11. The zero-order valence-corrected chi connectivity index (χ0v) is 25.1. The topological polar surface area (TPSA) is 208 Å². The Hall–Kier alpha value is -5.18. The summed E-state index contributed by atoms with van der Waals surface area (Å²) < 4.78 is 1.25. The number of Topliss-reactive ketones (excluding diaryl/α,β-unsaturated/α-hetero) is 2. The number of pyridine rings is 4. The highest BCUT2D eigenvalue weighted by Crippen LogP contribution is 2.14. The lowest BCUT2D eigenvalue weighted by molar-refractivity contribution is 0.0685. The molecule has 4 aromatic rings. The van der Waals surface area contributed by atoms with E-state index in [4.69, 9.17) is 20.7 Å². The first-order chi connectivity index (χ1) is 19.9. The van der Waals surface area contributed by atoms with Crippen LogP contribution in [-0.2, 0) is 0 Å². The number of carbonyl (C=O) groups excluding carboxylic acids is 2. The summed E-state index contributed by atoms with van der Waals surface area (Å²) in [4.78, 5) is 57.3. The van der Waals surface area contributed by atoms with Crippen LogP contribution in [0.4, 0.5) is 0 Å². The molecule has 0 aromatic carbocycles. The molecule has 0 aliphatic heterocycles. The van der Waals surface area contributed by atoms with Crippen molar-refractivity contribution in [1.29, 1.82) is 10.5 Å². The van der Waals surface area contributed by atoms with Crippen LogP contribution >= 0.6 is 31.9 Å². The first-order valence-corrected chi connectivity index (χ1v) is 12.9. The van der Waals surface area contributed by atoms with Crippen molar-refractivity contribution in [2.45, 2.75) is 13.8 Å². The number of carboxylic acid groups (broad SMARTS) is 2. The molecular formula is C28H20Br2N6O6. The van der Waals surface area contributed by atoms with Gasteiger partial charge in [-0.25, -0.2) is 9.59 Å². The minimum Gasteiger partial charge on any atom is -0.478 e. The number of rotatable bonds is 4. The van der Waals surface area contributed by atoms with Crippen molar-refractivity contribution < 1.29 is 29.4 Å². The Kier molecular flexibility index (Phi) is 15.1. The maximum absolute atomic E-state index is 10.8. The number of hydrogen-bond acceptors (Lipinski definition) is 10. The third kappa shape index (κ3) is 11.5. The highest BCUT2D eigenvalue weighted by molar-refractivity contribution is 9.10. The number of hydrogen-bond donors (Lipinski definition) is 2. The normalized spacial score (nSPS) is 9.00. The standard InChI is InChI=1S/C8H6N2O.C7H6BrNO.C7H4N2O2.C6H4BrNO2/c1-6(11)8-2-3-10-5-7(8)4-9;1-5(10)6-2-3-9-4-7(6)8;8-3-5-4-9-2-1-6(5)7(10)11;7-5-3-8-2-1-4(5)6(9)10/h2-3,5H,1H3;2-4H,1H3;1-2,4H,(H,10,11);1-3H,(H,9,10). The summed E-state index contributed by atoms with van der Waals surface area (Å²) in [5.41, 5.74) is 1.75. The number of nitriles is 2. The molecule has 0 atom stereocenters. The Balaban J connectivity index is 0.000000280. The molecule has 0 bridgehead atoms. The number of carboxylic acids is 2. The summed E-state index contributed by atoms with van der Waals surface area (Å²) >= 11 is 6.27. The molecule has 0 spiro atoms. The fourth-order valence-electron chi connectivity index (χ4n) is 2.67. The highest BCUT2D eigenvalue weighted by Gasteiger charge is 2.08. The van der Waals surface area contributed by atoms with Crippen LogP contribution in [0.2, 0.25) is 0 Å². The minimum atomic E-state index is -1.11. The van der Waals surface area contributed by atoms with Gasteiger partial charge in [-0.05, 0) is 70.0 Å². The molecule has 4 rings (SSSR count). The van der Waals surface area contributed by atoms with Gasteiger partial charge < -0.3 is 10.2 Å². The number of nitrogens with zero attached hydrogens (tertiary/aromatic N) is 6. The van der Waals surface area contributed by atoms with Gasteiger partial charge in [-0.1, -0.05) is 0 Å². The molecule has 0 fully saturated rings. The van der Waals surface area contributed by atoms with Crippen molar-refractivity contribution in [3.63, 3.8) is 0 Å². The summed E-state index contributed by atoms with van der Waals surface area (Å²) in [5, 5.41) is 34.0. The van der Waals surface area contributed by atoms with Gasteiger partial charge in [0.2, 0.25) is 0 Å². The predicted octanol–water partition coefficient (Wildman–Crippen LogP) is 5.40. The van der Waals surface area contributed by atoms with Crippen LogP contribution < -0.4 is 0 Å². The number of ketones is 2. The van der Waals surface area contributed by atoms with Gasteiger partial charge in [-0.15, -0.1) is 0 Å². The van der Waals surface area contributed by atoms with Crippen LogP contribution in [0.3, 0.4) is 0 Å². The van der Waals surface area contributed by atoms with Crippen LogP contribution in [0.15, 0.2) is 82.8 Å². The first-order valence-electron chi connectivity index (χ1n) is 11.3. The van der Waals surface area contributed by atoms with Crippen LogP contribution in [-0.4, -0.2) is 53.7 Å². The van der Waals surface area contributed by atoms with E-state index in [-0.39, 0.29) is 28.3 Å². The SMILES string of the molecule is CC(=O)c1ccncc1Br.CC(=O)c1ccncc1C#N.N#Cc1cnccc1C(=O)O.O=C(O)c1ccncc1Br. The van der Waals surface area contributed by atoms with Gasteiger partial charge in [-0.3, -0.25) is 29.5 Å². The van der Waals surface area contributed by atoms with Gasteiger partial charge in [0.15, 0.2) is 11.6 Å². The summed E-state index contributed by atoms with van der Waals surface area (Å²) in [6, 6.07) is 9.59. The van der Waals surface area contributed by atoms with E-state index in [1.54, 1.807) is 30.6 Å². The molecule has 0 unspecified atom stereocenters. The monoisotopic (exact) mass is 694 g/mol. The first kappa shape index (κ1) is 34.8. The van der Waals surface area contributed by atoms with Gasteiger partial charge in [0, 0.05) is 65.2 Å². The molecule has 4 aromatic heterocycles. The van der Waals surface area contributed by atoms with Gasteiger partial charge in [-0.2, -0.15) is 10.5 Å². The second-order valence-electron chi connectivity index (χ2n) is 7.50. The van der Waals surface area contributed by atoms with E-state index in [1.807, 2.05) is 6.07 Å². The molecular weight excluding hydrogens is 676 g/mol. The third-order valence-electron chi connectivity index (χ3n) is 4.65. The van der Waals surface area contributed by atoms with E-state index >= 15 is 0 Å². The highest BCUT2D eigenvalue weighted by atomic mass is 79.9. The van der Waals surface area contributed by atoms with Gasteiger partial charge in [0.25, 0.3) is 0 Å². The molecule has 4 heterocycles. The van der Waals surface area contributed by atoms with Gasteiger partial charge in [0.05, 0.1) is 26.7 Å². The fourth-order valence-corrected chi connectivity index (χ4v) is 3.62. The van der Waals surface area contributed by atoms with E-state index in [0.717, 1.165) is 4.47 Å². The Bertz CT molecular complexity index is 1540. The van der Waals surface area contributed by atoms with Crippen molar-refractivity contribution in [3.05, 3.63) is 116 Å². The van der Waals surface area contributed by atoms with Crippen LogP contribution in [0.25, 0.3) is 0 Å². The third-order valence-corrected chi connectivity index (χ3v) is 5.91. The van der Waals surface area contributed by atoms with E-state index in [2.05, 4.69) is 51.8 Å². The smallest absolute Gasteiger partial charge is 0.337 e. The molecule has 2 N–H and O–H groups in total. The Morgan fingerprint density at radius 3 is 1.19 bits per heavy atom. The number of aromatic nitrogens is 4. The molecule has 212 valence electrons. The second kappa shape index (κ2) is 18.2. The summed E-state index contributed by atoms with van der Waals surface area (Å²) in [6.07, 6.45) is 11.5. The maximum atomic E-state index is 10.8. The lowest BCUT2D eigenvalue weighted by Crippen LogP contribution is -1.99.